The van der Waals surface area contributed by atoms with E-state index >= 15 is 0 Å². The van der Waals surface area contributed by atoms with Gasteiger partial charge in [0.05, 0.1) is 16.6 Å². The minimum atomic E-state index is -0.835. The molecule has 4 amide bonds. The van der Waals surface area contributed by atoms with Crippen molar-refractivity contribution in [1.29, 1.82) is 0 Å². The predicted molar refractivity (Wildman–Crippen MR) is 110 cm³/mol. The van der Waals surface area contributed by atoms with Crippen LogP contribution in [0.3, 0.4) is 0 Å². The molecule has 7 nitrogen and oxygen atoms in total. The summed E-state index contributed by atoms with van der Waals surface area (Å²) in [6.45, 7) is -0.0963. The van der Waals surface area contributed by atoms with E-state index in [4.69, 9.17) is 23.2 Å². The normalized spacial score (nSPS) is 11.6. The van der Waals surface area contributed by atoms with Gasteiger partial charge in [0.2, 0.25) is 11.8 Å². The average Bonchev–Trinajstić information content (AvgIpc) is 2.65. The molecule has 28 heavy (non-hydrogen) atoms. The highest BCUT2D eigenvalue weighted by Crippen LogP contribution is 2.25. The SMILES string of the molecule is CNC(=O)NC(=O)C(c1ccccc1)N(C)CC(=O)Nc1ccc(Cl)c(Cl)c1. The van der Waals surface area contributed by atoms with Crippen LogP contribution in [-0.4, -0.2) is 43.4 Å². The number of nitrogens with zero attached hydrogens (tertiary/aromatic N) is 1. The summed E-state index contributed by atoms with van der Waals surface area (Å²) in [5, 5.41) is 7.99. The van der Waals surface area contributed by atoms with Crippen LogP contribution < -0.4 is 16.0 Å². The number of urea groups is 1. The van der Waals surface area contributed by atoms with Gasteiger partial charge in [0.25, 0.3) is 0 Å². The summed E-state index contributed by atoms with van der Waals surface area (Å²) in [5.41, 5.74) is 1.13. The average molecular weight is 423 g/mol. The molecule has 0 bridgehead atoms. The molecule has 0 heterocycles. The van der Waals surface area contributed by atoms with Crippen LogP contribution in [0.2, 0.25) is 10.0 Å². The Bertz CT molecular complexity index is 862. The molecule has 2 aromatic rings. The molecule has 0 aliphatic heterocycles. The molecular weight excluding hydrogens is 403 g/mol. The number of amides is 4. The largest absolute Gasteiger partial charge is 0.341 e. The first-order valence-corrected chi connectivity index (χ1v) is 9.10. The highest BCUT2D eigenvalue weighted by molar-refractivity contribution is 6.42. The van der Waals surface area contributed by atoms with Crippen molar-refractivity contribution in [1.82, 2.24) is 15.5 Å². The standard InChI is InChI=1S/C19H20Cl2N4O3/c1-22-19(28)24-18(27)17(12-6-4-3-5-7-12)25(2)11-16(26)23-13-8-9-14(20)15(21)10-13/h3-10,17H,11H2,1-2H3,(H,23,26)(H2,22,24,27,28). The Morgan fingerprint density at radius 3 is 2.32 bits per heavy atom. The van der Waals surface area contributed by atoms with Crippen molar-refractivity contribution in [2.24, 2.45) is 0 Å². The van der Waals surface area contributed by atoms with Gasteiger partial charge in [-0.2, -0.15) is 0 Å². The Hall–Kier alpha value is -2.61. The van der Waals surface area contributed by atoms with E-state index in [1.807, 2.05) is 6.07 Å². The fourth-order valence-electron chi connectivity index (χ4n) is 2.58. The Labute approximate surface area is 173 Å². The van der Waals surface area contributed by atoms with Crippen LogP contribution in [0.15, 0.2) is 48.5 Å². The second kappa shape index (κ2) is 10.1. The summed E-state index contributed by atoms with van der Waals surface area (Å²) in [4.78, 5) is 38.1. The molecule has 148 valence electrons. The summed E-state index contributed by atoms with van der Waals surface area (Å²) < 4.78 is 0. The lowest BCUT2D eigenvalue weighted by Gasteiger charge is -2.26. The maximum absolute atomic E-state index is 12.6. The van der Waals surface area contributed by atoms with E-state index in [-0.39, 0.29) is 12.5 Å². The number of rotatable bonds is 6. The maximum Gasteiger partial charge on any atom is 0.321 e. The molecule has 0 saturated carbocycles. The molecule has 1 atom stereocenters. The van der Waals surface area contributed by atoms with Crippen LogP contribution in [0.5, 0.6) is 0 Å². The summed E-state index contributed by atoms with van der Waals surface area (Å²) >= 11 is 11.8. The van der Waals surface area contributed by atoms with Gasteiger partial charge in [-0.1, -0.05) is 53.5 Å². The van der Waals surface area contributed by atoms with Crippen LogP contribution in [-0.2, 0) is 9.59 Å². The quantitative estimate of drug-likeness (QED) is 0.666. The van der Waals surface area contributed by atoms with Crippen LogP contribution in [0.1, 0.15) is 11.6 Å². The molecule has 0 saturated heterocycles. The number of benzene rings is 2. The van der Waals surface area contributed by atoms with Crippen LogP contribution >= 0.6 is 23.2 Å². The van der Waals surface area contributed by atoms with E-state index in [1.165, 1.54) is 13.1 Å². The van der Waals surface area contributed by atoms with Crippen molar-refractivity contribution >= 4 is 46.7 Å². The third-order valence-corrected chi connectivity index (χ3v) is 4.60. The van der Waals surface area contributed by atoms with Gasteiger partial charge in [-0.15, -0.1) is 0 Å². The fraction of sp³-hybridized carbons (Fsp3) is 0.211. The first-order valence-electron chi connectivity index (χ1n) is 8.34. The zero-order valence-electron chi connectivity index (χ0n) is 15.3. The first-order chi connectivity index (χ1) is 13.3. The number of carbonyl (C=O) groups excluding carboxylic acids is 3. The van der Waals surface area contributed by atoms with Crippen molar-refractivity contribution in [3.05, 3.63) is 64.1 Å². The molecule has 1 unspecified atom stereocenters. The lowest BCUT2D eigenvalue weighted by molar-refractivity contribution is -0.126. The smallest absolute Gasteiger partial charge is 0.321 e. The molecule has 2 aromatic carbocycles. The van der Waals surface area contributed by atoms with Gasteiger partial charge >= 0.3 is 6.03 Å². The van der Waals surface area contributed by atoms with Gasteiger partial charge in [-0.25, -0.2) is 4.79 Å². The Morgan fingerprint density at radius 1 is 1.04 bits per heavy atom. The number of hydrogen-bond donors (Lipinski definition) is 3. The number of likely N-dealkylation sites (N-methyl/N-ethyl adjacent to an activating group) is 1. The summed E-state index contributed by atoms with van der Waals surface area (Å²) in [5.74, 6) is -0.898. The van der Waals surface area contributed by atoms with Crippen molar-refractivity contribution in [2.45, 2.75) is 6.04 Å². The minimum Gasteiger partial charge on any atom is -0.341 e. The van der Waals surface area contributed by atoms with E-state index < -0.39 is 18.0 Å². The highest BCUT2D eigenvalue weighted by atomic mass is 35.5. The van der Waals surface area contributed by atoms with Crippen LogP contribution in [0.25, 0.3) is 0 Å². The number of imide groups is 1. The van der Waals surface area contributed by atoms with Gasteiger partial charge in [0.15, 0.2) is 0 Å². The van der Waals surface area contributed by atoms with Crippen molar-refractivity contribution in [3.8, 4) is 0 Å². The highest BCUT2D eigenvalue weighted by Gasteiger charge is 2.27. The van der Waals surface area contributed by atoms with E-state index in [9.17, 15) is 14.4 Å². The summed E-state index contributed by atoms with van der Waals surface area (Å²) in [6.07, 6.45) is 0. The molecule has 9 heteroatoms. The molecule has 2 rings (SSSR count). The van der Waals surface area contributed by atoms with Gasteiger partial charge in [-0.05, 0) is 30.8 Å². The third-order valence-electron chi connectivity index (χ3n) is 3.86. The number of hydrogen-bond acceptors (Lipinski definition) is 4. The molecule has 0 aliphatic rings. The van der Waals surface area contributed by atoms with Crippen molar-refractivity contribution in [2.75, 3.05) is 26.0 Å². The van der Waals surface area contributed by atoms with Crippen LogP contribution in [0, 0.1) is 0 Å². The monoisotopic (exact) mass is 422 g/mol. The number of halogens is 2. The Morgan fingerprint density at radius 2 is 1.71 bits per heavy atom. The Kier molecular flexibility index (Phi) is 7.80. The molecule has 3 N–H and O–H groups in total. The van der Waals surface area contributed by atoms with Gasteiger partial charge in [0, 0.05) is 12.7 Å². The second-order valence-corrected chi connectivity index (χ2v) is 6.79. The van der Waals surface area contributed by atoms with Crippen molar-refractivity contribution in [3.63, 3.8) is 0 Å². The second-order valence-electron chi connectivity index (χ2n) is 5.97. The number of nitrogens with one attached hydrogen (secondary N) is 3. The summed E-state index contributed by atoms with van der Waals surface area (Å²) in [6, 6.07) is 12.1. The van der Waals surface area contributed by atoms with E-state index in [2.05, 4.69) is 16.0 Å². The van der Waals surface area contributed by atoms with E-state index in [0.717, 1.165) is 0 Å². The van der Waals surface area contributed by atoms with E-state index in [1.54, 1.807) is 48.3 Å². The lowest BCUT2D eigenvalue weighted by atomic mass is 10.0. The first kappa shape index (κ1) is 21.7. The fourth-order valence-corrected chi connectivity index (χ4v) is 2.87. The Balaban J connectivity index is 2.13. The van der Waals surface area contributed by atoms with Gasteiger partial charge in [-0.3, -0.25) is 19.8 Å². The minimum absolute atomic E-state index is 0.0963. The molecule has 0 spiro atoms. The topological polar surface area (TPSA) is 90.5 Å². The summed E-state index contributed by atoms with van der Waals surface area (Å²) in [7, 11) is 3.03. The molecule has 0 aliphatic carbocycles. The maximum atomic E-state index is 12.6. The number of carbonyl (C=O) groups is 3. The number of anilines is 1. The molecular formula is C19H20Cl2N4O3. The zero-order chi connectivity index (χ0) is 20.7. The molecule has 0 aromatic heterocycles. The van der Waals surface area contributed by atoms with Gasteiger partial charge < -0.3 is 10.6 Å². The molecule has 0 fully saturated rings. The third kappa shape index (κ3) is 5.95. The lowest BCUT2D eigenvalue weighted by Crippen LogP contribution is -2.46. The van der Waals surface area contributed by atoms with Crippen molar-refractivity contribution < 1.29 is 14.4 Å². The van der Waals surface area contributed by atoms with Gasteiger partial charge in [0.1, 0.15) is 6.04 Å². The van der Waals surface area contributed by atoms with Crippen LogP contribution in [0.4, 0.5) is 10.5 Å². The van der Waals surface area contributed by atoms with E-state index in [0.29, 0.717) is 21.3 Å². The molecule has 0 radical (unpaired) electrons. The predicted octanol–water partition coefficient (Wildman–Crippen LogP) is 3.06. The zero-order valence-corrected chi connectivity index (χ0v) is 16.8.